The third-order valence-electron chi connectivity index (χ3n) is 4.34. The Kier molecular flexibility index (Phi) is 2.41. The second-order valence-corrected chi connectivity index (χ2v) is 5.36. The first kappa shape index (κ1) is 11.3. The van der Waals surface area contributed by atoms with Crippen molar-refractivity contribution in [3.8, 4) is 12.3 Å². The van der Waals surface area contributed by atoms with Crippen LogP contribution in [-0.4, -0.2) is 5.78 Å². The predicted octanol–water partition coefficient (Wildman–Crippen LogP) is 3.31. The van der Waals surface area contributed by atoms with E-state index in [0.29, 0.717) is 6.42 Å². The van der Waals surface area contributed by atoms with Gasteiger partial charge in [0.2, 0.25) is 0 Å². The molecule has 18 heavy (non-hydrogen) atoms. The quantitative estimate of drug-likeness (QED) is 0.632. The van der Waals surface area contributed by atoms with Gasteiger partial charge in [0.05, 0.1) is 5.41 Å². The number of benzene rings is 1. The normalized spacial score (nSPS) is 25.8. The van der Waals surface area contributed by atoms with E-state index >= 15 is 0 Å². The van der Waals surface area contributed by atoms with Crippen LogP contribution in [0.4, 0.5) is 0 Å². The van der Waals surface area contributed by atoms with Crippen LogP contribution in [0.2, 0.25) is 0 Å². The minimum absolute atomic E-state index is 0.201. The first-order valence-electron chi connectivity index (χ1n) is 6.48. The van der Waals surface area contributed by atoms with Crippen LogP contribution in [-0.2, 0) is 11.2 Å². The summed E-state index contributed by atoms with van der Waals surface area (Å²) in [5.41, 5.74) is 4.69. The maximum absolute atomic E-state index is 11.8. The summed E-state index contributed by atoms with van der Waals surface area (Å²) in [5, 5.41) is 0. The second kappa shape index (κ2) is 3.85. The molecular weight excluding hydrogens is 220 g/mol. The molecule has 0 aliphatic heterocycles. The summed E-state index contributed by atoms with van der Waals surface area (Å²) in [6.45, 7) is 2.10. The van der Waals surface area contributed by atoms with Gasteiger partial charge in [-0.05, 0) is 54.5 Å². The third kappa shape index (κ3) is 1.46. The van der Waals surface area contributed by atoms with Crippen LogP contribution >= 0.6 is 0 Å². The number of hydrogen-bond donors (Lipinski definition) is 0. The molecule has 0 spiro atoms. The number of rotatable bonds is 0. The molecule has 0 aromatic heterocycles. The van der Waals surface area contributed by atoms with E-state index in [1.807, 2.05) is 0 Å². The van der Waals surface area contributed by atoms with Crippen LogP contribution in [0.25, 0.3) is 5.57 Å². The Morgan fingerprint density at radius 1 is 1.28 bits per heavy atom. The van der Waals surface area contributed by atoms with Crippen molar-refractivity contribution in [3.05, 3.63) is 41.0 Å². The molecule has 0 fully saturated rings. The Balaban J connectivity index is 2.28. The average molecular weight is 236 g/mol. The number of allylic oxidation sites excluding steroid dienone is 2. The van der Waals surface area contributed by atoms with Crippen LogP contribution in [0.1, 0.15) is 36.0 Å². The second-order valence-electron chi connectivity index (χ2n) is 5.36. The molecule has 1 heteroatoms. The van der Waals surface area contributed by atoms with Gasteiger partial charge in [0.1, 0.15) is 0 Å². The number of carbonyl (C=O) groups is 1. The first-order chi connectivity index (χ1) is 8.66. The molecule has 0 radical (unpaired) electrons. The topological polar surface area (TPSA) is 17.1 Å². The Hall–Kier alpha value is -1.81. The summed E-state index contributed by atoms with van der Waals surface area (Å²) in [7, 11) is 0. The summed E-state index contributed by atoms with van der Waals surface area (Å²) in [5.74, 6) is 3.20. The fourth-order valence-corrected chi connectivity index (χ4v) is 3.31. The van der Waals surface area contributed by atoms with Gasteiger partial charge in [-0.25, -0.2) is 0 Å². The Labute approximate surface area is 108 Å². The molecule has 3 rings (SSSR count). The highest BCUT2D eigenvalue weighted by atomic mass is 16.1. The van der Waals surface area contributed by atoms with Crippen LogP contribution in [0.3, 0.4) is 0 Å². The summed E-state index contributed by atoms with van der Waals surface area (Å²) in [4.78, 5) is 11.8. The standard InChI is InChI=1S/C17H16O/c1-3-17-9-7-13-6-4-5-12(2)16(13)15(17)11-14(18)8-10-17/h1,4-6,11H,7-10H2,2H3. The molecule has 2 aliphatic carbocycles. The zero-order valence-electron chi connectivity index (χ0n) is 10.6. The first-order valence-corrected chi connectivity index (χ1v) is 6.48. The largest absolute Gasteiger partial charge is 0.295 e. The van der Waals surface area contributed by atoms with E-state index in [-0.39, 0.29) is 11.2 Å². The number of carbonyl (C=O) groups excluding carboxylic acids is 1. The van der Waals surface area contributed by atoms with E-state index in [1.54, 1.807) is 6.08 Å². The molecule has 0 amide bonds. The van der Waals surface area contributed by atoms with Crippen molar-refractivity contribution in [2.45, 2.75) is 32.6 Å². The monoisotopic (exact) mass is 236 g/mol. The molecular formula is C17H16O. The summed E-state index contributed by atoms with van der Waals surface area (Å²) in [6.07, 6.45) is 11.0. The van der Waals surface area contributed by atoms with Gasteiger partial charge in [0.25, 0.3) is 0 Å². The van der Waals surface area contributed by atoms with Gasteiger partial charge in [-0.2, -0.15) is 0 Å². The van der Waals surface area contributed by atoms with Gasteiger partial charge in [-0.1, -0.05) is 24.1 Å². The number of aryl methyl sites for hydroxylation is 2. The maximum atomic E-state index is 11.8. The summed E-state index contributed by atoms with van der Waals surface area (Å²) < 4.78 is 0. The van der Waals surface area contributed by atoms with Gasteiger partial charge in [0, 0.05) is 6.42 Å². The number of hydrogen-bond acceptors (Lipinski definition) is 1. The van der Waals surface area contributed by atoms with Crippen molar-refractivity contribution in [2.24, 2.45) is 5.41 Å². The number of terminal acetylenes is 1. The van der Waals surface area contributed by atoms with Crippen molar-refractivity contribution in [1.29, 1.82) is 0 Å². The Morgan fingerprint density at radius 2 is 2.06 bits per heavy atom. The predicted molar refractivity (Wildman–Crippen MR) is 73.0 cm³/mol. The molecule has 0 saturated carbocycles. The lowest BCUT2D eigenvalue weighted by Gasteiger charge is -2.39. The van der Waals surface area contributed by atoms with Crippen molar-refractivity contribution < 1.29 is 4.79 Å². The fourth-order valence-electron chi connectivity index (χ4n) is 3.31. The zero-order valence-corrected chi connectivity index (χ0v) is 10.6. The van der Waals surface area contributed by atoms with E-state index in [2.05, 4.69) is 31.0 Å². The van der Waals surface area contributed by atoms with E-state index in [1.165, 1.54) is 16.7 Å². The highest BCUT2D eigenvalue weighted by Gasteiger charge is 2.40. The van der Waals surface area contributed by atoms with Gasteiger partial charge in [0.15, 0.2) is 5.78 Å². The minimum Gasteiger partial charge on any atom is -0.295 e. The lowest BCUT2D eigenvalue weighted by molar-refractivity contribution is -0.115. The lowest BCUT2D eigenvalue weighted by Crippen LogP contribution is -2.31. The molecule has 0 N–H and O–H groups in total. The Morgan fingerprint density at radius 3 is 2.83 bits per heavy atom. The minimum atomic E-state index is -0.201. The molecule has 1 aromatic rings. The molecule has 1 unspecified atom stereocenters. The van der Waals surface area contributed by atoms with Gasteiger partial charge in [-0.15, -0.1) is 6.42 Å². The highest BCUT2D eigenvalue weighted by Crippen LogP contribution is 2.50. The summed E-state index contributed by atoms with van der Waals surface area (Å²) >= 11 is 0. The van der Waals surface area contributed by atoms with Crippen molar-refractivity contribution in [1.82, 2.24) is 0 Å². The van der Waals surface area contributed by atoms with Crippen LogP contribution in [0.15, 0.2) is 24.3 Å². The van der Waals surface area contributed by atoms with Gasteiger partial charge in [-0.3, -0.25) is 4.79 Å². The van der Waals surface area contributed by atoms with Gasteiger partial charge < -0.3 is 0 Å². The third-order valence-corrected chi connectivity index (χ3v) is 4.34. The average Bonchev–Trinajstić information content (AvgIpc) is 2.39. The van der Waals surface area contributed by atoms with E-state index in [4.69, 9.17) is 6.42 Å². The maximum Gasteiger partial charge on any atom is 0.156 e. The molecule has 1 aromatic carbocycles. The summed E-state index contributed by atoms with van der Waals surface area (Å²) in [6, 6.07) is 6.34. The molecule has 90 valence electrons. The lowest BCUT2D eigenvalue weighted by atomic mass is 9.62. The molecule has 0 bridgehead atoms. The molecule has 1 atom stereocenters. The molecule has 0 saturated heterocycles. The molecule has 0 heterocycles. The van der Waals surface area contributed by atoms with Crippen molar-refractivity contribution >= 4 is 11.4 Å². The van der Waals surface area contributed by atoms with Crippen molar-refractivity contribution in [3.63, 3.8) is 0 Å². The smallest absolute Gasteiger partial charge is 0.156 e. The zero-order chi connectivity index (χ0) is 12.8. The van der Waals surface area contributed by atoms with E-state index in [9.17, 15) is 4.79 Å². The van der Waals surface area contributed by atoms with E-state index in [0.717, 1.165) is 24.8 Å². The SMILES string of the molecule is C#CC12CCC(=O)C=C1c1c(C)cccc1CC2. The fraction of sp³-hybridized carbons (Fsp3) is 0.353. The van der Waals surface area contributed by atoms with Crippen LogP contribution < -0.4 is 0 Å². The van der Waals surface area contributed by atoms with Crippen LogP contribution in [0.5, 0.6) is 0 Å². The van der Waals surface area contributed by atoms with Crippen molar-refractivity contribution in [2.75, 3.05) is 0 Å². The van der Waals surface area contributed by atoms with E-state index < -0.39 is 0 Å². The van der Waals surface area contributed by atoms with Crippen LogP contribution in [0, 0.1) is 24.7 Å². The highest BCUT2D eigenvalue weighted by molar-refractivity contribution is 6.01. The van der Waals surface area contributed by atoms with Gasteiger partial charge >= 0.3 is 0 Å². The number of fused-ring (bicyclic) bond motifs is 3. The Bertz CT molecular complexity index is 601. The molecule has 2 aliphatic rings. The molecule has 1 nitrogen and oxygen atoms in total. The number of ketones is 1.